The number of benzene rings is 1. The Morgan fingerprint density at radius 3 is 2.59 bits per heavy atom. The van der Waals surface area contributed by atoms with E-state index in [4.69, 9.17) is 5.73 Å². The van der Waals surface area contributed by atoms with Crippen LogP contribution in [0.25, 0.3) is 0 Å². The van der Waals surface area contributed by atoms with E-state index in [1.807, 2.05) is 12.1 Å². The number of nitrogens with two attached hydrogens (primary N) is 1. The molecule has 0 spiro atoms. The molecule has 22 heavy (non-hydrogen) atoms. The fourth-order valence-electron chi connectivity index (χ4n) is 3.58. The fraction of sp³-hybridized carbons (Fsp3) is 0.353. The molecule has 1 aromatic carbocycles. The Balaban J connectivity index is 2.09. The van der Waals surface area contributed by atoms with Crippen molar-refractivity contribution in [1.29, 1.82) is 0 Å². The molecular formula is C17H19N3O2. The summed E-state index contributed by atoms with van der Waals surface area (Å²) in [5.41, 5.74) is 5.90. The Morgan fingerprint density at radius 2 is 1.95 bits per heavy atom. The first-order valence-electron chi connectivity index (χ1n) is 7.55. The first kappa shape index (κ1) is 14.5. The molecule has 1 heterocycles. The van der Waals surface area contributed by atoms with Gasteiger partial charge >= 0.3 is 0 Å². The van der Waals surface area contributed by atoms with Gasteiger partial charge in [-0.05, 0) is 18.9 Å². The number of amides is 1. The van der Waals surface area contributed by atoms with Gasteiger partial charge in [-0.15, -0.1) is 0 Å². The minimum Gasteiger partial charge on any atom is -0.369 e. The monoisotopic (exact) mass is 297 g/mol. The molecule has 0 aliphatic heterocycles. The summed E-state index contributed by atoms with van der Waals surface area (Å²) in [7, 11) is 0. The lowest BCUT2D eigenvalue weighted by Gasteiger charge is -2.40. The zero-order valence-electron chi connectivity index (χ0n) is 12.3. The maximum absolute atomic E-state index is 13.1. The summed E-state index contributed by atoms with van der Waals surface area (Å²) in [6.45, 7) is 0. The first-order valence-corrected chi connectivity index (χ1v) is 7.55. The number of ketones is 1. The molecular weight excluding hydrogens is 278 g/mol. The number of hydrogen-bond acceptors (Lipinski definition) is 3. The molecule has 2 aromatic rings. The summed E-state index contributed by atoms with van der Waals surface area (Å²) in [5, 5.41) is 6.88. The van der Waals surface area contributed by atoms with Gasteiger partial charge in [-0.3, -0.25) is 14.7 Å². The van der Waals surface area contributed by atoms with E-state index in [1.165, 1.54) is 0 Å². The summed E-state index contributed by atoms with van der Waals surface area (Å²) < 4.78 is 0. The summed E-state index contributed by atoms with van der Waals surface area (Å²) in [5.74, 6) is -0.963. The van der Waals surface area contributed by atoms with E-state index in [2.05, 4.69) is 10.2 Å². The van der Waals surface area contributed by atoms with E-state index >= 15 is 0 Å². The molecule has 0 radical (unpaired) electrons. The fourth-order valence-corrected chi connectivity index (χ4v) is 3.58. The van der Waals surface area contributed by atoms with Crippen LogP contribution in [0.1, 0.15) is 47.7 Å². The third-order valence-electron chi connectivity index (χ3n) is 4.69. The number of carbonyl (C=O) groups excluding carboxylic acids is 2. The number of primary amides is 1. The maximum Gasteiger partial charge on any atom is 0.232 e. The predicted molar refractivity (Wildman–Crippen MR) is 82.2 cm³/mol. The number of carbonyl (C=O) groups is 2. The van der Waals surface area contributed by atoms with Crippen LogP contribution in [-0.2, 0) is 4.79 Å². The number of Topliss-reactive ketones (excluding diaryl/α,β-unsaturated/α-hetero) is 1. The molecule has 3 N–H and O–H groups in total. The second-order valence-electron chi connectivity index (χ2n) is 5.84. The second-order valence-corrected chi connectivity index (χ2v) is 5.84. The van der Waals surface area contributed by atoms with Gasteiger partial charge in [0.25, 0.3) is 0 Å². The highest BCUT2D eigenvalue weighted by Crippen LogP contribution is 2.48. The van der Waals surface area contributed by atoms with Crippen molar-refractivity contribution in [2.45, 2.75) is 31.6 Å². The third kappa shape index (κ3) is 2.22. The van der Waals surface area contributed by atoms with E-state index in [0.717, 1.165) is 25.0 Å². The topological polar surface area (TPSA) is 88.8 Å². The van der Waals surface area contributed by atoms with Crippen molar-refractivity contribution in [1.82, 2.24) is 10.2 Å². The van der Waals surface area contributed by atoms with E-state index in [1.54, 1.807) is 30.5 Å². The highest BCUT2D eigenvalue weighted by molar-refractivity contribution is 6.14. The molecule has 3 rings (SSSR count). The van der Waals surface area contributed by atoms with Gasteiger partial charge in [0.05, 0.1) is 0 Å². The third-order valence-corrected chi connectivity index (χ3v) is 4.69. The number of aromatic nitrogens is 2. The smallest absolute Gasteiger partial charge is 0.232 e. The van der Waals surface area contributed by atoms with Crippen molar-refractivity contribution < 1.29 is 9.59 Å². The summed E-state index contributed by atoms with van der Waals surface area (Å²) in [6.07, 6.45) is 4.68. The number of nitrogens with zero attached hydrogens (tertiary/aromatic N) is 1. The molecule has 2 atom stereocenters. The van der Waals surface area contributed by atoms with Crippen LogP contribution >= 0.6 is 0 Å². The predicted octanol–water partition coefficient (Wildman–Crippen LogP) is 2.42. The standard InChI is InChI=1S/C17H19N3O2/c18-16(22)17(15(21)12-6-2-1-3-7-12)10-5-4-8-13(17)14-9-11-19-20-14/h1-3,6-7,9,11,13H,4-5,8,10H2,(H2,18,22)(H,19,20). The second kappa shape index (κ2) is 5.75. The van der Waals surface area contributed by atoms with Gasteiger partial charge in [0.1, 0.15) is 5.41 Å². The van der Waals surface area contributed by atoms with Gasteiger partial charge in [0, 0.05) is 23.4 Å². The molecule has 1 aliphatic rings. The molecule has 2 unspecified atom stereocenters. The van der Waals surface area contributed by atoms with Crippen LogP contribution in [0.2, 0.25) is 0 Å². The van der Waals surface area contributed by atoms with Crippen LogP contribution in [0.3, 0.4) is 0 Å². The maximum atomic E-state index is 13.1. The van der Waals surface area contributed by atoms with Crippen LogP contribution in [-0.4, -0.2) is 21.9 Å². The van der Waals surface area contributed by atoms with E-state index in [9.17, 15) is 9.59 Å². The summed E-state index contributed by atoms with van der Waals surface area (Å²) in [6, 6.07) is 10.8. The lowest BCUT2D eigenvalue weighted by atomic mass is 9.61. The van der Waals surface area contributed by atoms with Crippen LogP contribution < -0.4 is 5.73 Å². The summed E-state index contributed by atoms with van der Waals surface area (Å²) in [4.78, 5) is 25.5. The Hall–Kier alpha value is -2.43. The number of nitrogens with one attached hydrogen (secondary N) is 1. The Morgan fingerprint density at radius 1 is 1.18 bits per heavy atom. The van der Waals surface area contributed by atoms with E-state index in [-0.39, 0.29) is 11.7 Å². The Kier molecular flexibility index (Phi) is 3.79. The molecule has 1 aliphatic carbocycles. The van der Waals surface area contributed by atoms with Crippen LogP contribution in [0.15, 0.2) is 42.6 Å². The van der Waals surface area contributed by atoms with Gasteiger partial charge in [0.15, 0.2) is 5.78 Å². The highest BCUT2D eigenvalue weighted by Gasteiger charge is 2.52. The van der Waals surface area contributed by atoms with Gasteiger partial charge in [-0.25, -0.2) is 0 Å². The van der Waals surface area contributed by atoms with Crippen molar-refractivity contribution in [3.63, 3.8) is 0 Å². The molecule has 0 bridgehead atoms. The van der Waals surface area contributed by atoms with Gasteiger partial charge in [-0.1, -0.05) is 43.2 Å². The number of aromatic amines is 1. The van der Waals surface area contributed by atoms with Crippen LogP contribution in [0.5, 0.6) is 0 Å². The molecule has 1 fully saturated rings. The van der Waals surface area contributed by atoms with E-state index in [0.29, 0.717) is 12.0 Å². The number of hydrogen-bond donors (Lipinski definition) is 2. The molecule has 1 saturated carbocycles. The van der Waals surface area contributed by atoms with Crippen LogP contribution in [0, 0.1) is 5.41 Å². The van der Waals surface area contributed by atoms with E-state index < -0.39 is 11.3 Å². The first-order chi connectivity index (χ1) is 10.7. The number of H-pyrrole nitrogens is 1. The Labute approximate surface area is 128 Å². The van der Waals surface area contributed by atoms with Gasteiger partial charge in [0.2, 0.25) is 5.91 Å². The minimum atomic E-state index is -1.19. The van der Waals surface area contributed by atoms with Crippen molar-refractivity contribution in [2.24, 2.45) is 11.1 Å². The zero-order chi connectivity index (χ0) is 15.6. The van der Waals surface area contributed by atoms with Crippen molar-refractivity contribution in [3.05, 3.63) is 53.9 Å². The number of rotatable bonds is 4. The largest absolute Gasteiger partial charge is 0.369 e. The average Bonchev–Trinajstić information content (AvgIpc) is 3.09. The van der Waals surface area contributed by atoms with Crippen LogP contribution in [0.4, 0.5) is 0 Å². The van der Waals surface area contributed by atoms with Gasteiger partial charge in [-0.2, -0.15) is 5.10 Å². The Bertz CT molecular complexity index is 666. The molecule has 5 heteroatoms. The molecule has 0 saturated heterocycles. The lowest BCUT2D eigenvalue weighted by Crippen LogP contribution is -2.50. The highest BCUT2D eigenvalue weighted by atomic mass is 16.2. The molecule has 1 amide bonds. The normalized spacial score (nSPS) is 24.8. The molecule has 114 valence electrons. The SMILES string of the molecule is NC(=O)C1(C(=O)c2ccccc2)CCCCC1c1ccn[nH]1. The van der Waals surface area contributed by atoms with Crippen molar-refractivity contribution in [3.8, 4) is 0 Å². The minimum absolute atomic E-state index is 0.181. The quantitative estimate of drug-likeness (QED) is 0.671. The van der Waals surface area contributed by atoms with Crippen molar-refractivity contribution in [2.75, 3.05) is 0 Å². The lowest BCUT2D eigenvalue weighted by molar-refractivity contribution is -0.127. The van der Waals surface area contributed by atoms with Gasteiger partial charge < -0.3 is 5.73 Å². The molecule has 1 aromatic heterocycles. The average molecular weight is 297 g/mol. The summed E-state index contributed by atoms with van der Waals surface area (Å²) >= 11 is 0. The van der Waals surface area contributed by atoms with Crippen molar-refractivity contribution >= 4 is 11.7 Å². The molecule has 5 nitrogen and oxygen atoms in total. The zero-order valence-corrected chi connectivity index (χ0v) is 12.3.